The molecular formula is C7H13O9P. The fourth-order valence-electron chi connectivity index (χ4n) is 1.52. The number of carbonyl (C=O) groups excluding carboxylic acids is 1. The van der Waals surface area contributed by atoms with Gasteiger partial charge in [-0.15, -0.1) is 0 Å². The molecule has 0 aromatic rings. The van der Waals surface area contributed by atoms with Crippen molar-refractivity contribution in [3.8, 4) is 0 Å². The van der Waals surface area contributed by atoms with Gasteiger partial charge in [0.1, 0.15) is 23.9 Å². The Labute approximate surface area is 95.5 Å². The number of hydrogen-bond donors (Lipinski definition) is 6. The highest BCUT2D eigenvalue weighted by atomic mass is 31.2. The van der Waals surface area contributed by atoms with E-state index in [1.165, 1.54) is 0 Å². The molecule has 0 heterocycles. The third kappa shape index (κ3) is 3.30. The lowest BCUT2D eigenvalue weighted by molar-refractivity contribution is -0.197. The van der Waals surface area contributed by atoms with Crippen LogP contribution in [0.25, 0.3) is 0 Å². The summed E-state index contributed by atoms with van der Waals surface area (Å²) in [5, 5.41) is 37.6. The zero-order valence-electron chi connectivity index (χ0n) is 8.50. The first-order valence-electron chi connectivity index (χ1n) is 4.56. The molecule has 0 aromatic carbocycles. The topological polar surface area (TPSA) is 165 Å². The third-order valence-corrected chi connectivity index (χ3v) is 2.96. The second-order valence-corrected chi connectivity index (χ2v) is 5.13. The maximum absolute atomic E-state index is 11.2. The number of rotatable bonds is 3. The molecular weight excluding hydrogens is 259 g/mol. The highest BCUT2D eigenvalue weighted by Gasteiger charge is 2.52. The lowest BCUT2D eigenvalue weighted by Gasteiger charge is -2.40. The maximum Gasteiger partial charge on any atom is 0.469 e. The molecule has 0 saturated heterocycles. The summed E-state index contributed by atoms with van der Waals surface area (Å²) in [5.74, 6) is -0.959. The van der Waals surface area contributed by atoms with Crippen LogP contribution in [0.2, 0.25) is 0 Å². The minimum atomic E-state index is -4.88. The minimum absolute atomic E-state index is 0.785. The van der Waals surface area contributed by atoms with Crippen molar-refractivity contribution in [1.29, 1.82) is 0 Å². The quantitative estimate of drug-likeness (QED) is 0.291. The molecule has 4 unspecified atom stereocenters. The van der Waals surface area contributed by atoms with Crippen molar-refractivity contribution in [2.24, 2.45) is 0 Å². The van der Waals surface area contributed by atoms with E-state index >= 15 is 0 Å². The van der Waals surface area contributed by atoms with Crippen LogP contribution in [-0.2, 0) is 13.9 Å². The Bertz CT molecular complexity index is 351. The van der Waals surface area contributed by atoms with E-state index in [4.69, 9.17) is 14.9 Å². The molecule has 1 fully saturated rings. The maximum atomic E-state index is 11.2. The first-order chi connectivity index (χ1) is 7.57. The molecule has 4 atom stereocenters. The van der Waals surface area contributed by atoms with Crippen LogP contribution in [0.1, 0.15) is 6.42 Å². The van der Waals surface area contributed by atoms with Crippen molar-refractivity contribution in [2.75, 3.05) is 6.61 Å². The van der Waals surface area contributed by atoms with Crippen LogP contribution >= 0.6 is 7.82 Å². The van der Waals surface area contributed by atoms with E-state index in [9.17, 15) is 24.7 Å². The Hall–Kier alpha value is -0.380. The first-order valence-corrected chi connectivity index (χ1v) is 6.09. The summed E-state index contributed by atoms with van der Waals surface area (Å²) in [5.41, 5.74) is -2.35. The Balaban J connectivity index is 2.81. The summed E-state index contributed by atoms with van der Waals surface area (Å²) < 4.78 is 14.4. The molecule has 1 aliphatic rings. The highest BCUT2D eigenvalue weighted by Crippen LogP contribution is 2.39. The van der Waals surface area contributed by atoms with Crippen molar-refractivity contribution >= 4 is 13.6 Å². The average Bonchev–Trinajstić information content (AvgIpc) is 2.20. The standard InChI is InChI=1S/C7H13O9P/c8-3-1-7(12,2-16-17(13,14)15)6(11)5(10)4(3)9/h4-6,9-12H,1-2H2,(H2,13,14,15). The van der Waals surface area contributed by atoms with Gasteiger partial charge >= 0.3 is 7.82 Å². The number of Topliss-reactive ketones (excluding diaryl/α,β-unsaturated/α-hetero) is 1. The van der Waals surface area contributed by atoms with Crippen LogP contribution in [0, 0.1) is 0 Å². The van der Waals surface area contributed by atoms with Crippen LogP contribution in [-0.4, -0.2) is 66.5 Å². The first kappa shape index (κ1) is 14.7. The SMILES string of the molecule is O=C1CC(O)(COP(=O)(O)O)C(O)C(O)C1O. The molecule has 1 aliphatic carbocycles. The Morgan fingerprint density at radius 2 is 1.88 bits per heavy atom. The van der Waals surface area contributed by atoms with Gasteiger partial charge in [-0.1, -0.05) is 0 Å². The zero-order valence-corrected chi connectivity index (χ0v) is 9.40. The summed E-state index contributed by atoms with van der Waals surface area (Å²) in [7, 11) is -4.88. The van der Waals surface area contributed by atoms with E-state index in [1.807, 2.05) is 0 Å². The van der Waals surface area contributed by atoms with Gasteiger partial charge in [0, 0.05) is 6.42 Å². The van der Waals surface area contributed by atoms with Crippen molar-refractivity contribution in [2.45, 2.75) is 30.3 Å². The molecule has 0 spiro atoms. The number of ketones is 1. The summed E-state index contributed by atoms with van der Waals surface area (Å²) in [4.78, 5) is 28.0. The lowest BCUT2D eigenvalue weighted by atomic mass is 9.78. The van der Waals surface area contributed by atoms with Crippen molar-refractivity contribution in [3.63, 3.8) is 0 Å². The number of carbonyl (C=O) groups is 1. The average molecular weight is 272 g/mol. The predicted octanol–water partition coefficient (Wildman–Crippen LogP) is -3.12. The Morgan fingerprint density at radius 1 is 1.35 bits per heavy atom. The summed E-state index contributed by atoms with van der Waals surface area (Å²) >= 11 is 0. The summed E-state index contributed by atoms with van der Waals surface area (Å²) in [6, 6.07) is 0. The second-order valence-electron chi connectivity index (χ2n) is 3.89. The van der Waals surface area contributed by atoms with Gasteiger partial charge in [-0.2, -0.15) is 0 Å². The van der Waals surface area contributed by atoms with Crippen LogP contribution < -0.4 is 0 Å². The number of aliphatic hydroxyl groups excluding tert-OH is 3. The molecule has 17 heavy (non-hydrogen) atoms. The van der Waals surface area contributed by atoms with Crippen LogP contribution in [0.5, 0.6) is 0 Å². The van der Waals surface area contributed by atoms with Crippen molar-refractivity contribution < 1.29 is 44.1 Å². The van der Waals surface area contributed by atoms with Gasteiger partial charge in [0.25, 0.3) is 0 Å². The summed E-state index contributed by atoms with van der Waals surface area (Å²) in [6.07, 6.45) is -6.53. The van der Waals surface area contributed by atoms with E-state index in [0.29, 0.717) is 0 Å². The molecule has 0 aromatic heterocycles. The normalized spacial score (nSPS) is 39.4. The summed E-state index contributed by atoms with van der Waals surface area (Å²) in [6.45, 7) is -1.05. The molecule has 0 bridgehead atoms. The van der Waals surface area contributed by atoms with E-state index in [1.54, 1.807) is 0 Å². The fraction of sp³-hybridized carbons (Fsp3) is 0.857. The molecule has 100 valence electrons. The van der Waals surface area contributed by atoms with Gasteiger partial charge < -0.3 is 30.2 Å². The van der Waals surface area contributed by atoms with Gasteiger partial charge in [0.2, 0.25) is 0 Å². The fourth-order valence-corrected chi connectivity index (χ4v) is 1.92. The molecule has 10 heteroatoms. The van der Waals surface area contributed by atoms with Crippen molar-refractivity contribution in [3.05, 3.63) is 0 Å². The number of hydrogen-bond acceptors (Lipinski definition) is 7. The Kier molecular flexibility index (Phi) is 4.07. The zero-order chi connectivity index (χ0) is 13.4. The number of aliphatic hydroxyl groups is 4. The van der Waals surface area contributed by atoms with Crippen LogP contribution in [0.15, 0.2) is 0 Å². The number of phosphoric acid groups is 1. The Morgan fingerprint density at radius 3 is 2.35 bits per heavy atom. The second kappa shape index (κ2) is 4.71. The van der Waals surface area contributed by atoms with Gasteiger partial charge in [0.05, 0.1) is 6.61 Å². The lowest BCUT2D eigenvalue weighted by Crippen LogP contribution is -2.63. The van der Waals surface area contributed by atoms with Gasteiger partial charge in [-0.05, 0) is 0 Å². The molecule has 1 saturated carbocycles. The molecule has 9 nitrogen and oxygen atoms in total. The molecule has 0 amide bonds. The smallest absolute Gasteiger partial charge is 0.387 e. The third-order valence-electron chi connectivity index (χ3n) is 2.49. The van der Waals surface area contributed by atoms with Gasteiger partial charge in [-0.3, -0.25) is 9.32 Å². The van der Waals surface area contributed by atoms with E-state index < -0.39 is 50.5 Å². The van der Waals surface area contributed by atoms with Gasteiger partial charge in [-0.25, -0.2) is 4.57 Å². The van der Waals surface area contributed by atoms with E-state index in [-0.39, 0.29) is 0 Å². The van der Waals surface area contributed by atoms with Crippen LogP contribution in [0.4, 0.5) is 0 Å². The minimum Gasteiger partial charge on any atom is -0.387 e. The van der Waals surface area contributed by atoms with Gasteiger partial charge in [0.15, 0.2) is 5.78 Å². The molecule has 1 rings (SSSR count). The van der Waals surface area contributed by atoms with Crippen LogP contribution in [0.3, 0.4) is 0 Å². The number of phosphoric ester groups is 1. The monoisotopic (exact) mass is 272 g/mol. The largest absolute Gasteiger partial charge is 0.469 e. The van der Waals surface area contributed by atoms with E-state index in [0.717, 1.165) is 0 Å². The molecule has 0 radical (unpaired) electrons. The van der Waals surface area contributed by atoms with E-state index in [2.05, 4.69) is 4.52 Å². The van der Waals surface area contributed by atoms with Crippen molar-refractivity contribution in [1.82, 2.24) is 0 Å². The highest BCUT2D eigenvalue weighted by molar-refractivity contribution is 7.46. The molecule has 0 aliphatic heterocycles. The molecule has 6 N–H and O–H groups in total. The predicted molar refractivity (Wildman–Crippen MR) is 50.6 cm³/mol.